The molecule has 0 spiro atoms. The Morgan fingerprint density at radius 1 is 1.20 bits per heavy atom. The number of nitrogens with one attached hydrogen (secondary N) is 4. The Morgan fingerprint density at radius 3 is 2.62 bits per heavy atom. The molecule has 2 unspecified atom stereocenters. The molecule has 1 aliphatic rings. The van der Waals surface area contributed by atoms with Crippen LogP contribution < -0.4 is 31.4 Å². The Bertz CT molecular complexity index is 1540. The van der Waals surface area contributed by atoms with E-state index in [0.717, 1.165) is 6.07 Å². The Hall–Kier alpha value is -4.44. The van der Waals surface area contributed by atoms with Gasteiger partial charge < -0.3 is 21.2 Å². The molecule has 2 atom stereocenters. The highest BCUT2D eigenvalue weighted by Crippen LogP contribution is 2.37. The second-order valence-electron chi connectivity index (χ2n) is 8.70. The van der Waals surface area contributed by atoms with Gasteiger partial charge in [-0.15, -0.1) is 0 Å². The van der Waals surface area contributed by atoms with E-state index in [9.17, 15) is 30.8 Å². The molecule has 0 radical (unpaired) electrons. The summed E-state index contributed by atoms with van der Waals surface area (Å²) in [4.78, 5) is 20.7. The summed E-state index contributed by atoms with van der Waals surface area (Å²) in [5.74, 6) is -3.22. The lowest BCUT2D eigenvalue weighted by Crippen LogP contribution is -2.51. The molecule has 0 aliphatic carbocycles. The van der Waals surface area contributed by atoms with Crippen LogP contribution in [0, 0.1) is 5.82 Å². The fourth-order valence-corrected chi connectivity index (χ4v) is 4.85. The molecule has 11 nitrogen and oxygen atoms in total. The van der Waals surface area contributed by atoms with Crippen molar-refractivity contribution in [1.29, 1.82) is 0 Å². The Balaban J connectivity index is 1.74. The van der Waals surface area contributed by atoms with E-state index in [1.165, 1.54) is 61.9 Å². The van der Waals surface area contributed by atoms with Gasteiger partial charge in [-0.25, -0.2) is 23.2 Å². The lowest BCUT2D eigenvalue weighted by Gasteiger charge is -2.26. The zero-order valence-electron chi connectivity index (χ0n) is 20.7. The van der Waals surface area contributed by atoms with Gasteiger partial charge in [0, 0.05) is 12.4 Å². The van der Waals surface area contributed by atoms with Crippen molar-refractivity contribution in [3.63, 3.8) is 0 Å². The van der Waals surface area contributed by atoms with Gasteiger partial charge in [0.2, 0.25) is 15.9 Å². The summed E-state index contributed by atoms with van der Waals surface area (Å²) in [6, 6.07) is 9.02. The van der Waals surface area contributed by atoms with Crippen LogP contribution in [0.3, 0.4) is 0 Å². The third kappa shape index (κ3) is 6.76. The molecule has 0 saturated heterocycles. The summed E-state index contributed by atoms with van der Waals surface area (Å²) in [5.41, 5.74) is 9.68. The molecule has 3 aromatic rings. The van der Waals surface area contributed by atoms with Crippen LogP contribution in [0.25, 0.3) is 0 Å². The largest absolute Gasteiger partial charge is 0.484 e. The number of hydrogen-bond donors (Lipinski definition) is 5. The quantitative estimate of drug-likeness (QED) is 0.227. The van der Waals surface area contributed by atoms with E-state index >= 15 is 0 Å². The Labute approximate surface area is 225 Å². The molecular formula is C24H23F4N7O4S. The first-order valence-corrected chi connectivity index (χ1v) is 13.1. The van der Waals surface area contributed by atoms with Gasteiger partial charge in [0.05, 0.1) is 11.9 Å². The second-order valence-corrected chi connectivity index (χ2v) is 10.4. The number of carbonyl (C=O) groups excluding carboxylic acids is 1. The van der Waals surface area contributed by atoms with Gasteiger partial charge in [-0.2, -0.15) is 13.2 Å². The third-order valence-electron chi connectivity index (χ3n) is 5.65. The number of anilines is 2. The number of carbonyl (C=O) groups is 1. The number of sulfonamides is 1. The topological polar surface area (TPSA) is 160 Å². The summed E-state index contributed by atoms with van der Waals surface area (Å²) in [6.07, 6.45) is -0.172. The van der Waals surface area contributed by atoms with Crippen molar-refractivity contribution in [3.8, 4) is 5.75 Å². The minimum Gasteiger partial charge on any atom is -0.484 e. The van der Waals surface area contributed by atoms with Crippen molar-refractivity contribution in [2.75, 3.05) is 15.8 Å². The highest BCUT2D eigenvalue weighted by Gasteiger charge is 2.42. The van der Waals surface area contributed by atoms with Crippen molar-refractivity contribution >= 4 is 27.4 Å². The summed E-state index contributed by atoms with van der Waals surface area (Å²) in [7, 11) is -4.90. The number of halogens is 4. The fourth-order valence-electron chi connectivity index (χ4n) is 3.84. The fraction of sp³-hybridized carbons (Fsp3) is 0.208. The Morgan fingerprint density at radius 2 is 1.98 bits per heavy atom. The molecule has 4 rings (SSSR count). The number of hydrazine groups is 1. The molecule has 0 bridgehead atoms. The van der Waals surface area contributed by atoms with Gasteiger partial charge in [0.1, 0.15) is 29.3 Å². The number of nitrogens with two attached hydrogens (primary N) is 1. The van der Waals surface area contributed by atoms with E-state index in [4.69, 9.17) is 10.5 Å². The highest BCUT2D eigenvalue weighted by atomic mass is 32.2. The lowest BCUT2D eigenvalue weighted by atomic mass is 9.89. The zero-order chi connectivity index (χ0) is 29.1. The highest BCUT2D eigenvalue weighted by molar-refractivity contribution is 7.92. The molecule has 2 aromatic carbocycles. The second kappa shape index (κ2) is 11.0. The minimum atomic E-state index is -5.01. The van der Waals surface area contributed by atoms with Gasteiger partial charge in [0.15, 0.2) is 11.3 Å². The summed E-state index contributed by atoms with van der Waals surface area (Å²) < 4.78 is 84.6. The van der Waals surface area contributed by atoms with Crippen LogP contribution in [0.5, 0.6) is 5.75 Å². The molecule has 212 valence electrons. The molecule has 6 N–H and O–H groups in total. The molecule has 2 heterocycles. The average molecular weight is 582 g/mol. The van der Waals surface area contributed by atoms with Gasteiger partial charge in [-0.05, 0) is 48.4 Å². The van der Waals surface area contributed by atoms with Gasteiger partial charge in [0.25, 0.3) is 0 Å². The van der Waals surface area contributed by atoms with Gasteiger partial charge >= 0.3 is 6.18 Å². The number of ether oxygens (including phenoxy) is 1. The van der Waals surface area contributed by atoms with Crippen LogP contribution in [-0.4, -0.2) is 36.2 Å². The van der Waals surface area contributed by atoms with E-state index in [2.05, 4.69) is 26.1 Å². The summed E-state index contributed by atoms with van der Waals surface area (Å²) in [6.45, 7) is 1.53. The molecular weight excluding hydrogens is 558 g/mol. The number of hydrogen-bond acceptors (Lipinski definition) is 9. The van der Waals surface area contributed by atoms with Gasteiger partial charge in [-0.1, -0.05) is 18.2 Å². The maximum Gasteiger partial charge on any atom is 0.404 e. The van der Waals surface area contributed by atoms with E-state index < -0.39 is 45.3 Å². The molecule has 40 heavy (non-hydrogen) atoms. The first-order chi connectivity index (χ1) is 18.8. The van der Waals surface area contributed by atoms with Crippen LogP contribution in [0.2, 0.25) is 0 Å². The van der Waals surface area contributed by atoms with Crippen LogP contribution in [0.1, 0.15) is 24.2 Å². The van der Waals surface area contributed by atoms with Crippen molar-refractivity contribution in [3.05, 3.63) is 89.9 Å². The summed E-state index contributed by atoms with van der Waals surface area (Å²) >= 11 is 0. The normalized spacial score (nSPS) is 17.9. The van der Waals surface area contributed by atoms with E-state index in [1.54, 1.807) is 6.07 Å². The van der Waals surface area contributed by atoms with Crippen LogP contribution in [0.4, 0.5) is 29.1 Å². The Kier molecular flexibility index (Phi) is 7.84. The predicted molar refractivity (Wildman–Crippen MR) is 136 cm³/mol. The van der Waals surface area contributed by atoms with Crippen molar-refractivity contribution in [1.82, 2.24) is 20.8 Å². The number of amides is 1. The first kappa shape index (κ1) is 28.6. The van der Waals surface area contributed by atoms with Crippen LogP contribution in [-0.2, 0) is 20.4 Å². The van der Waals surface area contributed by atoms with E-state index in [1.807, 2.05) is 4.72 Å². The molecule has 1 aliphatic heterocycles. The maximum absolute atomic E-state index is 13.8. The summed E-state index contributed by atoms with van der Waals surface area (Å²) in [5, 5.41) is 2.90. The molecule has 16 heteroatoms. The monoisotopic (exact) mass is 581 g/mol. The molecule has 1 amide bonds. The number of primary amides is 1. The average Bonchev–Trinajstić information content (AvgIpc) is 3.29. The van der Waals surface area contributed by atoms with E-state index in [-0.39, 0.29) is 22.8 Å². The number of benzene rings is 2. The lowest BCUT2D eigenvalue weighted by molar-refractivity contribution is -0.123. The molecule has 1 aromatic heterocycles. The first-order valence-electron chi connectivity index (χ1n) is 11.5. The third-order valence-corrected chi connectivity index (χ3v) is 6.89. The SMILES string of the molecule is CC(Oc1cc(C2(C(N)=O)C=C(Nc3cnccn3)NN2)ccc1NS(=O)(=O)CC(F)(F)F)c1cccc(F)c1. The maximum atomic E-state index is 13.8. The van der Waals surface area contributed by atoms with Crippen molar-refractivity contribution < 1.29 is 35.5 Å². The number of aromatic nitrogens is 2. The molecule has 0 fully saturated rings. The molecule has 0 saturated carbocycles. The smallest absolute Gasteiger partial charge is 0.404 e. The van der Waals surface area contributed by atoms with Crippen LogP contribution >= 0.6 is 0 Å². The standard InChI is InChI=1S/C24H23F4N7O4S/c1-14(15-3-2-4-17(25)9-15)39-19-10-16(5-6-18(19)34-40(37,38)13-24(26,27)28)23(22(29)36)11-20(33-35-23)32-21-12-30-7-8-31-21/h2-12,14,33-35H,13H2,1H3,(H2,29,36)(H,31,32). The van der Waals surface area contributed by atoms with Crippen molar-refractivity contribution in [2.45, 2.75) is 24.7 Å². The minimum absolute atomic E-state index is 0.142. The number of alkyl halides is 3. The van der Waals surface area contributed by atoms with E-state index in [0.29, 0.717) is 11.4 Å². The zero-order valence-corrected chi connectivity index (χ0v) is 21.5. The number of nitrogens with zero attached hydrogens (tertiary/aromatic N) is 2. The van der Waals surface area contributed by atoms with Gasteiger partial charge in [-0.3, -0.25) is 14.5 Å². The van der Waals surface area contributed by atoms with Crippen molar-refractivity contribution in [2.24, 2.45) is 5.73 Å². The number of rotatable bonds is 10. The predicted octanol–water partition coefficient (Wildman–Crippen LogP) is 2.80. The van der Waals surface area contributed by atoms with Crippen LogP contribution in [0.15, 0.2) is 73.0 Å².